The van der Waals surface area contributed by atoms with Gasteiger partial charge in [-0.1, -0.05) is 31.5 Å². The molecule has 0 saturated heterocycles. The van der Waals surface area contributed by atoms with Crippen LogP contribution in [-0.4, -0.2) is 45.4 Å². The molecule has 3 aromatic rings. The summed E-state index contributed by atoms with van der Waals surface area (Å²) < 4.78 is 5.74. The molecular weight excluding hydrogens is 414 g/mol. The Hall–Kier alpha value is -3.06. The molecule has 33 heavy (non-hydrogen) atoms. The number of hydrogen-bond acceptors (Lipinski definition) is 3. The maximum atomic E-state index is 13.8. The van der Waals surface area contributed by atoms with Crippen molar-refractivity contribution in [2.75, 3.05) is 20.6 Å². The highest BCUT2D eigenvalue weighted by molar-refractivity contribution is 6.02. The SMILES string of the molecule is CCCCc1c(-c2c(C)n(C)n(-c3ccccc3)c2=O)c(C(N)=O)c(C)n1CCCN(C)C. The van der Waals surface area contributed by atoms with E-state index in [-0.39, 0.29) is 5.56 Å². The van der Waals surface area contributed by atoms with E-state index in [1.807, 2.05) is 55.9 Å². The van der Waals surface area contributed by atoms with Crippen LogP contribution in [0.15, 0.2) is 35.1 Å². The maximum Gasteiger partial charge on any atom is 0.279 e. The smallest absolute Gasteiger partial charge is 0.279 e. The molecule has 7 nitrogen and oxygen atoms in total. The Morgan fingerprint density at radius 2 is 1.70 bits per heavy atom. The summed E-state index contributed by atoms with van der Waals surface area (Å²) in [6, 6.07) is 9.58. The number of unbranched alkanes of at least 4 members (excludes halogenated alkanes) is 1. The monoisotopic (exact) mass is 451 g/mol. The van der Waals surface area contributed by atoms with E-state index in [1.165, 1.54) is 0 Å². The summed E-state index contributed by atoms with van der Waals surface area (Å²) in [5.41, 5.74) is 11.0. The summed E-state index contributed by atoms with van der Waals surface area (Å²) in [6.45, 7) is 7.75. The van der Waals surface area contributed by atoms with E-state index in [2.05, 4.69) is 30.5 Å². The molecule has 0 aliphatic heterocycles. The van der Waals surface area contributed by atoms with E-state index in [9.17, 15) is 9.59 Å². The first-order valence-corrected chi connectivity index (χ1v) is 11.7. The molecule has 1 aromatic carbocycles. The van der Waals surface area contributed by atoms with E-state index in [4.69, 9.17) is 5.73 Å². The lowest BCUT2D eigenvalue weighted by Gasteiger charge is -2.15. The molecule has 0 atom stereocenters. The fourth-order valence-corrected chi connectivity index (χ4v) is 4.68. The normalized spacial score (nSPS) is 11.5. The number of nitrogens with two attached hydrogens (primary N) is 1. The molecule has 0 saturated carbocycles. The summed E-state index contributed by atoms with van der Waals surface area (Å²) in [7, 11) is 5.99. The lowest BCUT2D eigenvalue weighted by atomic mass is 9.98. The van der Waals surface area contributed by atoms with Crippen LogP contribution in [0.1, 0.15) is 53.6 Å². The molecule has 0 unspecified atom stereocenters. The first-order chi connectivity index (χ1) is 15.7. The number of aromatic nitrogens is 3. The maximum absolute atomic E-state index is 13.8. The van der Waals surface area contributed by atoms with Crippen LogP contribution in [0.3, 0.4) is 0 Å². The molecule has 0 aliphatic carbocycles. The lowest BCUT2D eigenvalue weighted by Crippen LogP contribution is -2.21. The minimum atomic E-state index is -0.486. The molecule has 7 heteroatoms. The van der Waals surface area contributed by atoms with Gasteiger partial charge in [-0.05, 0) is 65.9 Å². The summed E-state index contributed by atoms with van der Waals surface area (Å²) in [5.74, 6) is -0.486. The van der Waals surface area contributed by atoms with E-state index in [0.29, 0.717) is 16.7 Å². The number of para-hydroxylation sites is 1. The minimum Gasteiger partial charge on any atom is -0.366 e. The Balaban J connectivity index is 2.30. The van der Waals surface area contributed by atoms with Crippen molar-refractivity contribution in [2.24, 2.45) is 12.8 Å². The number of amides is 1. The Morgan fingerprint density at radius 3 is 2.27 bits per heavy atom. The van der Waals surface area contributed by atoms with Gasteiger partial charge >= 0.3 is 0 Å². The van der Waals surface area contributed by atoms with Gasteiger partial charge in [-0.3, -0.25) is 14.3 Å². The second-order valence-electron chi connectivity index (χ2n) is 8.99. The van der Waals surface area contributed by atoms with Gasteiger partial charge in [0.2, 0.25) is 0 Å². The fourth-order valence-electron chi connectivity index (χ4n) is 4.68. The molecule has 178 valence electrons. The standard InChI is InChI=1S/C26H37N5O2/c1-7-8-15-21-24(22(25(27)32)19(3)30(21)17-12-16-28(4)5)23-18(2)29(6)31(26(23)33)20-13-10-9-11-14-20/h9-11,13-14H,7-8,12,15-17H2,1-6H3,(H2,27,32). The quantitative estimate of drug-likeness (QED) is 0.511. The highest BCUT2D eigenvalue weighted by Crippen LogP contribution is 2.34. The van der Waals surface area contributed by atoms with Crippen molar-refractivity contribution in [2.45, 2.75) is 53.0 Å². The average Bonchev–Trinajstić information content (AvgIpc) is 3.16. The third kappa shape index (κ3) is 4.69. The third-order valence-electron chi connectivity index (χ3n) is 6.44. The van der Waals surface area contributed by atoms with Gasteiger partial charge in [0.25, 0.3) is 11.5 Å². The van der Waals surface area contributed by atoms with Gasteiger partial charge in [-0.25, -0.2) is 4.68 Å². The van der Waals surface area contributed by atoms with Gasteiger partial charge in [0.05, 0.1) is 16.8 Å². The first-order valence-electron chi connectivity index (χ1n) is 11.7. The van der Waals surface area contributed by atoms with Crippen molar-refractivity contribution in [1.82, 2.24) is 18.8 Å². The van der Waals surface area contributed by atoms with Crippen molar-refractivity contribution >= 4 is 5.91 Å². The van der Waals surface area contributed by atoms with E-state index < -0.39 is 5.91 Å². The highest BCUT2D eigenvalue weighted by atomic mass is 16.1. The fraction of sp³-hybridized carbons (Fsp3) is 0.462. The predicted octanol–water partition coefficient (Wildman–Crippen LogP) is 3.65. The van der Waals surface area contributed by atoms with Crippen LogP contribution in [0.25, 0.3) is 16.8 Å². The van der Waals surface area contributed by atoms with Gasteiger partial charge in [0.15, 0.2) is 0 Å². The molecule has 2 heterocycles. The van der Waals surface area contributed by atoms with E-state index in [1.54, 1.807) is 4.68 Å². The first kappa shape index (κ1) is 24.6. The highest BCUT2D eigenvalue weighted by Gasteiger charge is 2.29. The minimum absolute atomic E-state index is 0.133. The summed E-state index contributed by atoms with van der Waals surface area (Å²) in [4.78, 5) is 28.7. The topological polar surface area (TPSA) is 78.2 Å². The molecule has 0 aliphatic rings. The molecule has 2 aromatic heterocycles. The molecule has 0 spiro atoms. The molecule has 3 rings (SSSR count). The molecule has 0 fully saturated rings. The van der Waals surface area contributed by atoms with E-state index in [0.717, 1.165) is 61.5 Å². The lowest BCUT2D eigenvalue weighted by molar-refractivity contribution is 0.1000. The third-order valence-corrected chi connectivity index (χ3v) is 6.44. The van der Waals surface area contributed by atoms with Crippen LogP contribution in [-0.2, 0) is 20.0 Å². The largest absolute Gasteiger partial charge is 0.366 e. The second kappa shape index (κ2) is 10.3. The summed E-state index contributed by atoms with van der Waals surface area (Å²) >= 11 is 0. The number of carbonyl (C=O) groups is 1. The molecule has 2 N–H and O–H groups in total. The summed E-state index contributed by atoms with van der Waals surface area (Å²) in [6.07, 6.45) is 3.73. The van der Waals surface area contributed by atoms with Crippen LogP contribution in [0.4, 0.5) is 0 Å². The summed E-state index contributed by atoms with van der Waals surface area (Å²) in [5, 5.41) is 0. The van der Waals surface area contributed by atoms with Crippen molar-refractivity contribution in [3.63, 3.8) is 0 Å². The zero-order valence-corrected chi connectivity index (χ0v) is 20.8. The molecule has 1 amide bonds. The number of rotatable bonds is 10. The Labute approximate surface area is 196 Å². The van der Waals surface area contributed by atoms with Crippen molar-refractivity contribution in [3.8, 4) is 16.8 Å². The van der Waals surface area contributed by atoms with Gasteiger partial charge in [-0.15, -0.1) is 0 Å². The molecule has 0 radical (unpaired) electrons. The number of nitrogens with zero attached hydrogens (tertiary/aromatic N) is 4. The van der Waals surface area contributed by atoms with Gasteiger partial charge in [-0.2, -0.15) is 0 Å². The Morgan fingerprint density at radius 1 is 1.03 bits per heavy atom. The second-order valence-corrected chi connectivity index (χ2v) is 8.99. The number of hydrogen-bond donors (Lipinski definition) is 1. The number of carbonyl (C=O) groups excluding carboxylic acids is 1. The van der Waals surface area contributed by atoms with Crippen LogP contribution in [0.5, 0.6) is 0 Å². The average molecular weight is 452 g/mol. The van der Waals surface area contributed by atoms with E-state index >= 15 is 0 Å². The van der Waals surface area contributed by atoms with Gasteiger partial charge in [0, 0.05) is 36.2 Å². The van der Waals surface area contributed by atoms with Crippen LogP contribution < -0.4 is 11.3 Å². The van der Waals surface area contributed by atoms with Crippen molar-refractivity contribution in [3.05, 3.63) is 63.3 Å². The number of primary amides is 1. The zero-order chi connectivity index (χ0) is 24.3. The molecule has 0 bridgehead atoms. The number of benzene rings is 1. The molecular formula is C26H37N5O2. The van der Waals surface area contributed by atoms with Crippen LogP contribution in [0, 0.1) is 13.8 Å². The Bertz CT molecular complexity index is 1180. The van der Waals surface area contributed by atoms with Gasteiger partial charge < -0.3 is 15.2 Å². The van der Waals surface area contributed by atoms with Crippen LogP contribution >= 0.6 is 0 Å². The van der Waals surface area contributed by atoms with Gasteiger partial charge in [0.1, 0.15) is 0 Å². The van der Waals surface area contributed by atoms with Crippen LogP contribution in [0.2, 0.25) is 0 Å². The zero-order valence-electron chi connectivity index (χ0n) is 20.8. The van der Waals surface area contributed by atoms with Crippen molar-refractivity contribution < 1.29 is 4.79 Å². The Kier molecular flexibility index (Phi) is 7.64. The van der Waals surface area contributed by atoms with Crippen molar-refractivity contribution in [1.29, 1.82) is 0 Å². The predicted molar refractivity (Wildman–Crippen MR) is 134 cm³/mol.